The van der Waals surface area contributed by atoms with E-state index in [2.05, 4.69) is 10.3 Å². The van der Waals surface area contributed by atoms with Gasteiger partial charge in [-0.1, -0.05) is 23.7 Å². The third-order valence-electron chi connectivity index (χ3n) is 4.14. The fourth-order valence-electron chi connectivity index (χ4n) is 2.66. The number of hydrogen-bond donors (Lipinski definition) is 1. The molecule has 0 fully saturated rings. The molecule has 0 aliphatic rings. The number of halogens is 2. The molecule has 0 aliphatic carbocycles. The van der Waals surface area contributed by atoms with E-state index in [0.717, 1.165) is 17.0 Å². The zero-order valence-electron chi connectivity index (χ0n) is 15.2. The summed E-state index contributed by atoms with van der Waals surface area (Å²) in [4.78, 5) is 5.99. The Morgan fingerprint density at radius 3 is 2.57 bits per heavy atom. The van der Waals surface area contributed by atoms with Crippen molar-refractivity contribution in [2.24, 2.45) is 0 Å². The highest BCUT2D eigenvalue weighted by Gasteiger charge is 2.16. The van der Waals surface area contributed by atoms with Crippen LogP contribution in [0.5, 0.6) is 5.75 Å². The predicted molar refractivity (Wildman–Crippen MR) is 114 cm³/mol. The van der Waals surface area contributed by atoms with Crippen molar-refractivity contribution in [1.29, 1.82) is 0 Å². The molecule has 2 aromatic carbocycles. The number of aromatic nitrogens is 1. The third kappa shape index (κ3) is 5.18. The van der Waals surface area contributed by atoms with Gasteiger partial charge in [-0.3, -0.25) is 4.98 Å². The van der Waals surface area contributed by atoms with Gasteiger partial charge in [-0.25, -0.2) is 4.39 Å². The third-order valence-corrected chi connectivity index (χ3v) is 4.85. The smallest absolute Gasteiger partial charge is 0.174 e. The summed E-state index contributed by atoms with van der Waals surface area (Å²) in [5.41, 5.74) is 2.15. The van der Waals surface area contributed by atoms with E-state index in [1.165, 1.54) is 6.07 Å². The Labute approximate surface area is 173 Å². The van der Waals surface area contributed by atoms with E-state index in [-0.39, 0.29) is 12.4 Å². The van der Waals surface area contributed by atoms with Crippen molar-refractivity contribution >= 4 is 34.6 Å². The Morgan fingerprint density at radius 2 is 1.93 bits per heavy atom. The van der Waals surface area contributed by atoms with Gasteiger partial charge in [0.15, 0.2) is 5.11 Å². The minimum Gasteiger partial charge on any atom is -0.497 e. The molecule has 0 unspecified atom stereocenters. The van der Waals surface area contributed by atoms with Crippen molar-refractivity contribution in [3.8, 4) is 5.75 Å². The summed E-state index contributed by atoms with van der Waals surface area (Å²) in [5, 5.41) is 4.01. The normalized spacial score (nSPS) is 10.4. The molecule has 0 atom stereocenters. The maximum Gasteiger partial charge on any atom is 0.174 e. The van der Waals surface area contributed by atoms with Crippen LogP contribution >= 0.6 is 23.8 Å². The van der Waals surface area contributed by atoms with Crippen molar-refractivity contribution in [3.05, 3.63) is 89.0 Å². The zero-order valence-corrected chi connectivity index (χ0v) is 16.8. The first-order valence-electron chi connectivity index (χ1n) is 8.58. The van der Waals surface area contributed by atoms with Crippen LogP contribution in [0.4, 0.5) is 10.1 Å². The number of benzene rings is 2. The van der Waals surface area contributed by atoms with Gasteiger partial charge in [0, 0.05) is 41.8 Å². The molecule has 7 heteroatoms. The number of thiocarbonyl (C=S) groups is 1. The number of pyridine rings is 1. The summed E-state index contributed by atoms with van der Waals surface area (Å²) in [6.45, 7) is 0.683. The standard InChI is InChI=1S/C21H19ClFN3OS/c1-27-17-9-7-16(8-10-17)25-21(28)26(13-15-4-3-11-24-12-15)14-18-19(22)5-2-6-20(18)23/h2-12H,13-14H2,1H3,(H,25,28). The van der Waals surface area contributed by atoms with E-state index in [1.807, 2.05) is 41.3 Å². The first kappa shape index (κ1) is 20.0. The Kier molecular flexibility index (Phi) is 6.79. The van der Waals surface area contributed by atoms with Gasteiger partial charge in [0.2, 0.25) is 0 Å². The minimum absolute atomic E-state index is 0.225. The van der Waals surface area contributed by atoms with Gasteiger partial charge < -0.3 is 15.0 Å². The Balaban J connectivity index is 1.83. The fraction of sp³-hybridized carbons (Fsp3) is 0.143. The van der Waals surface area contributed by atoms with Gasteiger partial charge in [0.25, 0.3) is 0 Å². The molecule has 1 N–H and O–H groups in total. The summed E-state index contributed by atoms with van der Waals surface area (Å²) < 4.78 is 19.5. The van der Waals surface area contributed by atoms with Crippen molar-refractivity contribution in [3.63, 3.8) is 0 Å². The molecule has 0 spiro atoms. The topological polar surface area (TPSA) is 37.4 Å². The lowest BCUT2D eigenvalue weighted by Gasteiger charge is -2.26. The van der Waals surface area contributed by atoms with Crippen LogP contribution in [0.15, 0.2) is 67.0 Å². The number of anilines is 1. The van der Waals surface area contributed by atoms with Crippen LogP contribution in [-0.2, 0) is 13.1 Å². The molecular formula is C21H19ClFN3OS. The highest BCUT2D eigenvalue weighted by molar-refractivity contribution is 7.80. The van der Waals surface area contributed by atoms with Crippen molar-refractivity contribution < 1.29 is 9.13 Å². The van der Waals surface area contributed by atoms with Gasteiger partial charge in [-0.2, -0.15) is 0 Å². The number of rotatable bonds is 6. The second-order valence-corrected chi connectivity index (χ2v) is 6.87. The first-order valence-corrected chi connectivity index (χ1v) is 9.37. The molecule has 0 aliphatic heterocycles. The van der Waals surface area contributed by atoms with Crippen LogP contribution in [0.2, 0.25) is 5.02 Å². The van der Waals surface area contributed by atoms with Gasteiger partial charge in [-0.15, -0.1) is 0 Å². The van der Waals surface area contributed by atoms with E-state index in [9.17, 15) is 4.39 Å². The highest BCUT2D eigenvalue weighted by atomic mass is 35.5. The van der Waals surface area contributed by atoms with E-state index in [0.29, 0.717) is 22.2 Å². The first-order chi connectivity index (χ1) is 13.6. The summed E-state index contributed by atoms with van der Waals surface area (Å²) >= 11 is 11.8. The highest BCUT2D eigenvalue weighted by Crippen LogP contribution is 2.23. The van der Waals surface area contributed by atoms with Gasteiger partial charge in [0.05, 0.1) is 7.11 Å². The summed E-state index contributed by atoms with van der Waals surface area (Å²) in [5.74, 6) is 0.387. The molecule has 0 bridgehead atoms. The molecule has 0 saturated heterocycles. The van der Waals surface area contributed by atoms with Gasteiger partial charge in [-0.05, 0) is 60.2 Å². The predicted octanol–water partition coefficient (Wildman–Crippen LogP) is 5.28. The number of methoxy groups -OCH3 is 1. The number of hydrogen-bond acceptors (Lipinski definition) is 3. The maximum atomic E-state index is 14.3. The fourth-order valence-corrected chi connectivity index (χ4v) is 3.13. The molecule has 0 amide bonds. The molecule has 3 aromatic rings. The van der Waals surface area contributed by atoms with E-state index in [1.54, 1.807) is 31.6 Å². The molecule has 1 aromatic heterocycles. The molecule has 28 heavy (non-hydrogen) atoms. The van der Waals surface area contributed by atoms with Gasteiger partial charge >= 0.3 is 0 Å². The van der Waals surface area contributed by atoms with Crippen LogP contribution in [-0.4, -0.2) is 22.1 Å². The van der Waals surface area contributed by atoms with Crippen molar-refractivity contribution in [2.75, 3.05) is 12.4 Å². The van der Waals surface area contributed by atoms with E-state index >= 15 is 0 Å². The Morgan fingerprint density at radius 1 is 1.14 bits per heavy atom. The number of ether oxygens (including phenoxy) is 1. The van der Waals surface area contributed by atoms with Crippen LogP contribution in [0.3, 0.4) is 0 Å². The molecule has 3 rings (SSSR count). The Hall–Kier alpha value is -2.70. The molecule has 144 valence electrons. The van der Waals surface area contributed by atoms with E-state index < -0.39 is 0 Å². The lowest BCUT2D eigenvalue weighted by Crippen LogP contribution is -2.34. The summed E-state index contributed by atoms with van der Waals surface area (Å²) in [7, 11) is 1.61. The lowest BCUT2D eigenvalue weighted by atomic mass is 10.2. The second kappa shape index (κ2) is 9.48. The van der Waals surface area contributed by atoms with Crippen LogP contribution in [0.1, 0.15) is 11.1 Å². The minimum atomic E-state index is -0.365. The van der Waals surface area contributed by atoms with Crippen molar-refractivity contribution in [1.82, 2.24) is 9.88 Å². The Bertz CT molecular complexity index is 918. The van der Waals surface area contributed by atoms with Gasteiger partial charge in [0.1, 0.15) is 11.6 Å². The molecule has 4 nitrogen and oxygen atoms in total. The van der Waals surface area contributed by atoms with Crippen molar-refractivity contribution in [2.45, 2.75) is 13.1 Å². The molecule has 0 saturated carbocycles. The van der Waals surface area contributed by atoms with Crippen LogP contribution < -0.4 is 10.1 Å². The van der Waals surface area contributed by atoms with Crippen LogP contribution in [0, 0.1) is 5.82 Å². The summed E-state index contributed by atoms with van der Waals surface area (Å²) in [6, 6.07) is 15.8. The number of nitrogens with zero attached hydrogens (tertiary/aromatic N) is 2. The monoisotopic (exact) mass is 415 g/mol. The maximum absolute atomic E-state index is 14.3. The second-order valence-electron chi connectivity index (χ2n) is 6.08. The quantitative estimate of drug-likeness (QED) is 0.554. The lowest BCUT2D eigenvalue weighted by molar-refractivity contribution is 0.402. The van der Waals surface area contributed by atoms with E-state index in [4.69, 9.17) is 28.6 Å². The average molecular weight is 416 g/mol. The average Bonchev–Trinajstić information content (AvgIpc) is 2.71. The summed E-state index contributed by atoms with van der Waals surface area (Å²) in [6.07, 6.45) is 3.46. The zero-order chi connectivity index (χ0) is 19.9. The largest absolute Gasteiger partial charge is 0.497 e. The molecular weight excluding hydrogens is 397 g/mol. The molecule has 0 radical (unpaired) electrons. The molecule has 1 heterocycles. The SMILES string of the molecule is COc1ccc(NC(=S)N(Cc2cccnc2)Cc2c(F)cccc2Cl)cc1. The van der Waals surface area contributed by atoms with Crippen LogP contribution in [0.25, 0.3) is 0 Å². The number of nitrogens with one attached hydrogen (secondary N) is 1.